The number of amides is 1. The smallest absolute Gasteiger partial charge is 0.253 e. The molecule has 0 saturated heterocycles. The van der Waals surface area contributed by atoms with Crippen LogP contribution >= 0.6 is 0 Å². The van der Waals surface area contributed by atoms with Gasteiger partial charge in [0.15, 0.2) is 0 Å². The Morgan fingerprint density at radius 3 is 2.87 bits per heavy atom. The van der Waals surface area contributed by atoms with Crippen molar-refractivity contribution in [1.82, 2.24) is 5.32 Å². The number of rotatable bonds is 3. The van der Waals surface area contributed by atoms with Crippen molar-refractivity contribution in [2.75, 3.05) is 5.73 Å². The minimum atomic E-state index is -0.460. The molecule has 0 heterocycles. The second kappa shape index (κ2) is 4.77. The van der Waals surface area contributed by atoms with Gasteiger partial charge in [-0.3, -0.25) is 4.79 Å². The van der Waals surface area contributed by atoms with Crippen LogP contribution in [0.4, 0.5) is 10.1 Å². The van der Waals surface area contributed by atoms with Crippen molar-refractivity contribution in [2.45, 2.75) is 26.3 Å². The highest BCUT2D eigenvalue weighted by molar-refractivity contribution is 5.99. The highest BCUT2D eigenvalue weighted by Gasteiger charge is 2.12. The maximum Gasteiger partial charge on any atom is 0.253 e. The van der Waals surface area contributed by atoms with Crippen LogP contribution in [0.5, 0.6) is 0 Å². The van der Waals surface area contributed by atoms with E-state index in [-0.39, 0.29) is 23.2 Å². The molecular formula is C11H15FN2O. The SMILES string of the molecule is CCC(C)NC(=O)c1cc(F)ccc1N. The van der Waals surface area contributed by atoms with E-state index in [1.54, 1.807) is 0 Å². The van der Waals surface area contributed by atoms with Gasteiger partial charge in [-0.05, 0) is 31.5 Å². The van der Waals surface area contributed by atoms with Crippen molar-refractivity contribution in [3.8, 4) is 0 Å². The molecule has 0 aromatic heterocycles. The van der Waals surface area contributed by atoms with Crippen LogP contribution in [0, 0.1) is 5.82 Å². The summed E-state index contributed by atoms with van der Waals surface area (Å²) in [4.78, 5) is 11.6. The van der Waals surface area contributed by atoms with Gasteiger partial charge in [0.1, 0.15) is 5.82 Å². The number of hydrogen-bond donors (Lipinski definition) is 2. The predicted molar refractivity (Wildman–Crippen MR) is 58.0 cm³/mol. The average molecular weight is 210 g/mol. The Morgan fingerprint density at radius 1 is 1.60 bits per heavy atom. The van der Waals surface area contributed by atoms with E-state index in [4.69, 9.17) is 5.73 Å². The van der Waals surface area contributed by atoms with Gasteiger partial charge < -0.3 is 11.1 Å². The van der Waals surface area contributed by atoms with Gasteiger partial charge in [-0.2, -0.15) is 0 Å². The molecule has 0 fully saturated rings. The molecule has 0 aliphatic rings. The second-order valence-electron chi connectivity index (χ2n) is 3.51. The highest BCUT2D eigenvalue weighted by atomic mass is 19.1. The Morgan fingerprint density at radius 2 is 2.27 bits per heavy atom. The van der Waals surface area contributed by atoms with E-state index in [9.17, 15) is 9.18 Å². The summed E-state index contributed by atoms with van der Waals surface area (Å²) in [6.45, 7) is 3.84. The summed E-state index contributed by atoms with van der Waals surface area (Å²) in [7, 11) is 0. The molecule has 15 heavy (non-hydrogen) atoms. The van der Waals surface area contributed by atoms with Crippen LogP contribution in [-0.2, 0) is 0 Å². The lowest BCUT2D eigenvalue weighted by atomic mass is 10.1. The number of benzene rings is 1. The predicted octanol–water partition coefficient (Wildman–Crippen LogP) is 1.94. The van der Waals surface area contributed by atoms with Crippen LogP contribution in [0.2, 0.25) is 0 Å². The van der Waals surface area contributed by atoms with Gasteiger partial charge in [-0.15, -0.1) is 0 Å². The Hall–Kier alpha value is -1.58. The zero-order chi connectivity index (χ0) is 11.4. The topological polar surface area (TPSA) is 55.1 Å². The molecule has 0 spiro atoms. The number of hydrogen-bond acceptors (Lipinski definition) is 2. The van der Waals surface area contributed by atoms with E-state index >= 15 is 0 Å². The number of halogens is 1. The Balaban J connectivity index is 2.86. The fraction of sp³-hybridized carbons (Fsp3) is 0.364. The van der Waals surface area contributed by atoms with Crippen molar-refractivity contribution in [2.24, 2.45) is 0 Å². The summed E-state index contributed by atoms with van der Waals surface area (Å²) >= 11 is 0. The Labute approximate surface area is 88.5 Å². The van der Waals surface area contributed by atoms with Crippen molar-refractivity contribution in [3.63, 3.8) is 0 Å². The lowest BCUT2D eigenvalue weighted by molar-refractivity contribution is 0.0939. The van der Waals surface area contributed by atoms with Crippen LogP contribution in [0.1, 0.15) is 30.6 Å². The van der Waals surface area contributed by atoms with Gasteiger partial charge in [-0.25, -0.2) is 4.39 Å². The molecule has 1 amide bonds. The number of nitrogen functional groups attached to an aromatic ring is 1. The van der Waals surface area contributed by atoms with Gasteiger partial charge in [0.2, 0.25) is 0 Å². The second-order valence-corrected chi connectivity index (χ2v) is 3.51. The third-order valence-corrected chi connectivity index (χ3v) is 2.25. The molecule has 1 aromatic carbocycles. The first kappa shape index (κ1) is 11.5. The van der Waals surface area contributed by atoms with Gasteiger partial charge >= 0.3 is 0 Å². The highest BCUT2D eigenvalue weighted by Crippen LogP contribution is 2.13. The summed E-state index contributed by atoms with van der Waals surface area (Å²) in [5, 5.41) is 2.73. The van der Waals surface area contributed by atoms with Crippen LogP contribution in [0.25, 0.3) is 0 Å². The molecular weight excluding hydrogens is 195 g/mol. The van der Waals surface area contributed by atoms with E-state index in [2.05, 4.69) is 5.32 Å². The van der Waals surface area contributed by atoms with E-state index in [1.807, 2.05) is 13.8 Å². The van der Waals surface area contributed by atoms with E-state index in [0.29, 0.717) is 0 Å². The van der Waals surface area contributed by atoms with Crippen molar-refractivity contribution < 1.29 is 9.18 Å². The number of carbonyl (C=O) groups excluding carboxylic acids is 1. The zero-order valence-electron chi connectivity index (χ0n) is 8.88. The summed E-state index contributed by atoms with van der Waals surface area (Å²) < 4.78 is 12.9. The third-order valence-electron chi connectivity index (χ3n) is 2.25. The van der Waals surface area contributed by atoms with Crippen molar-refractivity contribution in [1.29, 1.82) is 0 Å². The van der Waals surface area contributed by atoms with Crippen molar-refractivity contribution >= 4 is 11.6 Å². The maximum atomic E-state index is 12.9. The first-order valence-corrected chi connectivity index (χ1v) is 4.90. The average Bonchev–Trinajstić information content (AvgIpc) is 2.21. The van der Waals surface area contributed by atoms with E-state index in [0.717, 1.165) is 12.5 Å². The first-order valence-electron chi connectivity index (χ1n) is 4.90. The normalized spacial score (nSPS) is 12.2. The monoisotopic (exact) mass is 210 g/mol. The Bertz CT molecular complexity index is 366. The minimum Gasteiger partial charge on any atom is -0.398 e. The first-order chi connectivity index (χ1) is 7.04. The lowest BCUT2D eigenvalue weighted by Crippen LogP contribution is -2.32. The molecule has 1 aromatic rings. The van der Waals surface area contributed by atoms with E-state index in [1.165, 1.54) is 12.1 Å². The van der Waals surface area contributed by atoms with E-state index < -0.39 is 5.82 Å². The van der Waals surface area contributed by atoms with Crippen molar-refractivity contribution in [3.05, 3.63) is 29.6 Å². The molecule has 1 unspecified atom stereocenters. The molecule has 0 aliphatic heterocycles. The van der Waals surface area contributed by atoms with Crippen LogP contribution in [0.3, 0.4) is 0 Å². The number of anilines is 1. The molecule has 0 aliphatic carbocycles. The summed E-state index contributed by atoms with van der Waals surface area (Å²) in [5.41, 5.74) is 6.06. The summed E-state index contributed by atoms with van der Waals surface area (Å²) in [5.74, 6) is -0.792. The molecule has 4 heteroatoms. The largest absolute Gasteiger partial charge is 0.398 e. The minimum absolute atomic E-state index is 0.0557. The quantitative estimate of drug-likeness (QED) is 0.749. The number of carbonyl (C=O) groups is 1. The molecule has 82 valence electrons. The summed E-state index contributed by atoms with van der Waals surface area (Å²) in [6.07, 6.45) is 0.820. The fourth-order valence-corrected chi connectivity index (χ4v) is 1.13. The zero-order valence-corrected chi connectivity index (χ0v) is 8.88. The van der Waals surface area contributed by atoms with Gasteiger partial charge in [0.25, 0.3) is 5.91 Å². The van der Waals surface area contributed by atoms with Crippen LogP contribution in [-0.4, -0.2) is 11.9 Å². The molecule has 3 nitrogen and oxygen atoms in total. The molecule has 0 bridgehead atoms. The van der Waals surface area contributed by atoms with Crippen LogP contribution < -0.4 is 11.1 Å². The Kier molecular flexibility index (Phi) is 3.66. The molecule has 0 saturated carbocycles. The van der Waals surface area contributed by atoms with Gasteiger partial charge in [0.05, 0.1) is 5.56 Å². The van der Waals surface area contributed by atoms with Crippen LogP contribution in [0.15, 0.2) is 18.2 Å². The molecule has 1 rings (SSSR count). The molecule has 3 N–H and O–H groups in total. The third kappa shape index (κ3) is 2.94. The number of nitrogens with one attached hydrogen (secondary N) is 1. The molecule has 0 radical (unpaired) electrons. The van der Waals surface area contributed by atoms with Gasteiger partial charge in [-0.1, -0.05) is 6.92 Å². The number of nitrogens with two attached hydrogens (primary N) is 1. The fourth-order valence-electron chi connectivity index (χ4n) is 1.13. The lowest BCUT2D eigenvalue weighted by Gasteiger charge is -2.12. The maximum absolute atomic E-state index is 12.9. The molecule has 1 atom stereocenters. The summed E-state index contributed by atoms with van der Waals surface area (Å²) in [6, 6.07) is 3.82. The standard InChI is InChI=1S/C11H15FN2O/c1-3-7(2)14-11(15)9-6-8(12)4-5-10(9)13/h4-7H,3,13H2,1-2H3,(H,14,15). The van der Waals surface area contributed by atoms with Gasteiger partial charge in [0, 0.05) is 11.7 Å².